The highest BCUT2D eigenvalue weighted by Gasteiger charge is 2.41. The van der Waals surface area contributed by atoms with Crippen LogP contribution in [-0.2, 0) is 16.1 Å². The highest BCUT2D eigenvalue weighted by atomic mass is 35.5. The van der Waals surface area contributed by atoms with Crippen molar-refractivity contribution in [2.24, 2.45) is 0 Å². The Morgan fingerprint density at radius 1 is 1.09 bits per heavy atom. The normalized spacial score (nSPS) is 20.0. The Labute approximate surface area is 208 Å². The number of alkyl halides is 1. The third kappa shape index (κ3) is 6.27. The number of anilines is 1. The van der Waals surface area contributed by atoms with Gasteiger partial charge in [-0.15, -0.1) is 24.0 Å². The van der Waals surface area contributed by atoms with Gasteiger partial charge in [-0.3, -0.25) is 14.5 Å². The van der Waals surface area contributed by atoms with Crippen molar-refractivity contribution in [2.75, 3.05) is 24.3 Å². The van der Waals surface area contributed by atoms with Crippen LogP contribution in [-0.4, -0.2) is 52.7 Å². The lowest BCUT2D eigenvalue weighted by molar-refractivity contribution is -0.131. The molecule has 4 rings (SSSR count). The molecule has 0 aliphatic carbocycles. The SMILES string of the molecule is Cl.O=C(CCl)Nc1cc(Cl)ccc1C=CC(=O)N1C2CCC1CN(Cc1ccc(F)cc1)C2. The van der Waals surface area contributed by atoms with Crippen molar-refractivity contribution in [1.82, 2.24) is 9.80 Å². The van der Waals surface area contributed by atoms with E-state index in [1.165, 1.54) is 12.1 Å². The van der Waals surface area contributed by atoms with E-state index in [9.17, 15) is 14.0 Å². The van der Waals surface area contributed by atoms with E-state index in [2.05, 4.69) is 10.2 Å². The fraction of sp³-hybridized carbons (Fsp3) is 0.333. The highest BCUT2D eigenvalue weighted by molar-refractivity contribution is 6.31. The molecule has 2 heterocycles. The molecule has 2 saturated heterocycles. The van der Waals surface area contributed by atoms with Gasteiger partial charge in [0, 0.05) is 48.5 Å². The van der Waals surface area contributed by atoms with Gasteiger partial charge < -0.3 is 10.2 Å². The molecule has 2 aromatic carbocycles. The highest BCUT2D eigenvalue weighted by Crippen LogP contribution is 2.31. The molecule has 2 aliphatic heterocycles. The molecule has 2 unspecified atom stereocenters. The number of nitrogens with zero attached hydrogens (tertiary/aromatic N) is 2. The summed E-state index contributed by atoms with van der Waals surface area (Å²) in [5.74, 6) is -0.781. The van der Waals surface area contributed by atoms with Crippen LogP contribution in [0.2, 0.25) is 5.02 Å². The third-order valence-corrected chi connectivity index (χ3v) is 6.43. The summed E-state index contributed by atoms with van der Waals surface area (Å²) in [6, 6.07) is 12.0. The minimum absolute atomic E-state index is 0. The van der Waals surface area contributed by atoms with Gasteiger partial charge in [-0.1, -0.05) is 29.8 Å². The molecule has 0 aromatic heterocycles. The van der Waals surface area contributed by atoms with Crippen molar-refractivity contribution in [3.05, 3.63) is 70.5 Å². The molecular formula is C24H25Cl3FN3O2. The van der Waals surface area contributed by atoms with E-state index in [0.717, 1.165) is 38.0 Å². The lowest BCUT2D eigenvalue weighted by atomic mass is 10.1. The number of likely N-dealkylation sites (tertiary alicyclic amines) is 1. The molecule has 1 N–H and O–H groups in total. The van der Waals surface area contributed by atoms with Crippen LogP contribution >= 0.6 is 35.6 Å². The van der Waals surface area contributed by atoms with Gasteiger partial charge >= 0.3 is 0 Å². The van der Waals surface area contributed by atoms with E-state index in [0.29, 0.717) is 16.3 Å². The van der Waals surface area contributed by atoms with Crippen molar-refractivity contribution in [3.8, 4) is 0 Å². The molecule has 33 heavy (non-hydrogen) atoms. The van der Waals surface area contributed by atoms with Crippen LogP contribution in [0.5, 0.6) is 0 Å². The topological polar surface area (TPSA) is 52.7 Å². The van der Waals surface area contributed by atoms with Gasteiger partial charge in [0.25, 0.3) is 0 Å². The number of nitrogens with one attached hydrogen (secondary N) is 1. The molecule has 2 bridgehead atoms. The first-order chi connectivity index (χ1) is 15.4. The maximum absolute atomic E-state index is 13.2. The Morgan fingerprint density at radius 3 is 2.39 bits per heavy atom. The zero-order valence-corrected chi connectivity index (χ0v) is 20.2. The van der Waals surface area contributed by atoms with Crippen molar-refractivity contribution >= 4 is 59.2 Å². The van der Waals surface area contributed by atoms with Gasteiger partial charge in [0.05, 0.1) is 0 Å². The van der Waals surface area contributed by atoms with Crippen LogP contribution in [0.1, 0.15) is 24.0 Å². The molecule has 2 aliphatic rings. The van der Waals surface area contributed by atoms with E-state index >= 15 is 0 Å². The predicted octanol–water partition coefficient (Wildman–Crippen LogP) is 4.97. The van der Waals surface area contributed by atoms with Crippen LogP contribution in [0.25, 0.3) is 6.08 Å². The molecule has 2 fully saturated rings. The van der Waals surface area contributed by atoms with Crippen molar-refractivity contribution in [1.29, 1.82) is 0 Å². The Hall–Kier alpha value is -2.12. The largest absolute Gasteiger partial charge is 0.331 e. The molecule has 0 saturated carbocycles. The van der Waals surface area contributed by atoms with E-state index in [-0.39, 0.29) is 48.0 Å². The Morgan fingerprint density at radius 2 is 1.76 bits per heavy atom. The van der Waals surface area contributed by atoms with Crippen LogP contribution < -0.4 is 5.32 Å². The van der Waals surface area contributed by atoms with E-state index in [1.54, 1.807) is 30.4 Å². The molecule has 5 nitrogen and oxygen atoms in total. The second kappa shape index (κ2) is 11.3. The first-order valence-corrected chi connectivity index (χ1v) is 11.5. The predicted molar refractivity (Wildman–Crippen MR) is 132 cm³/mol. The van der Waals surface area contributed by atoms with Crippen LogP contribution in [0, 0.1) is 5.82 Å². The van der Waals surface area contributed by atoms with E-state index in [1.807, 2.05) is 17.0 Å². The molecule has 2 aromatic rings. The van der Waals surface area contributed by atoms with Gasteiger partial charge in [0.2, 0.25) is 11.8 Å². The summed E-state index contributed by atoms with van der Waals surface area (Å²) < 4.78 is 13.2. The zero-order chi connectivity index (χ0) is 22.7. The molecule has 2 atom stereocenters. The number of hydrogen-bond acceptors (Lipinski definition) is 3. The Kier molecular flexibility index (Phi) is 8.76. The minimum atomic E-state index is -0.342. The summed E-state index contributed by atoms with van der Waals surface area (Å²) in [5.41, 5.74) is 2.27. The second-order valence-corrected chi connectivity index (χ2v) is 8.90. The van der Waals surface area contributed by atoms with Gasteiger partial charge in [-0.2, -0.15) is 0 Å². The van der Waals surface area contributed by atoms with Gasteiger partial charge in [0.1, 0.15) is 11.7 Å². The van der Waals surface area contributed by atoms with Gasteiger partial charge in [-0.25, -0.2) is 4.39 Å². The third-order valence-electron chi connectivity index (χ3n) is 5.95. The smallest absolute Gasteiger partial charge is 0.247 e. The molecular weight excluding hydrogens is 488 g/mol. The quantitative estimate of drug-likeness (QED) is 0.439. The summed E-state index contributed by atoms with van der Waals surface area (Å²) >= 11 is 11.6. The van der Waals surface area contributed by atoms with Crippen LogP contribution in [0.3, 0.4) is 0 Å². The van der Waals surface area contributed by atoms with Crippen molar-refractivity contribution in [2.45, 2.75) is 31.5 Å². The average molecular weight is 513 g/mol. The maximum Gasteiger partial charge on any atom is 0.247 e. The number of hydrogen-bond donors (Lipinski definition) is 1. The molecule has 2 amide bonds. The number of fused-ring (bicyclic) bond motifs is 2. The Bertz CT molecular complexity index is 1020. The Balaban J connectivity index is 0.00000306. The van der Waals surface area contributed by atoms with Crippen LogP contribution in [0.15, 0.2) is 48.5 Å². The monoisotopic (exact) mass is 511 g/mol. The molecule has 0 spiro atoms. The van der Waals surface area contributed by atoms with Crippen molar-refractivity contribution < 1.29 is 14.0 Å². The summed E-state index contributed by atoms with van der Waals surface area (Å²) in [7, 11) is 0. The molecule has 0 radical (unpaired) electrons. The first-order valence-electron chi connectivity index (χ1n) is 10.6. The number of carbonyl (C=O) groups is 2. The fourth-order valence-electron chi connectivity index (χ4n) is 4.54. The lowest BCUT2D eigenvalue weighted by Gasteiger charge is -2.40. The van der Waals surface area contributed by atoms with Gasteiger partial charge in [0.15, 0.2) is 0 Å². The summed E-state index contributed by atoms with van der Waals surface area (Å²) in [6.45, 7) is 2.34. The number of rotatable bonds is 6. The van der Waals surface area contributed by atoms with Gasteiger partial charge in [-0.05, 0) is 54.3 Å². The average Bonchev–Trinajstić information content (AvgIpc) is 3.05. The minimum Gasteiger partial charge on any atom is -0.331 e. The standard InChI is InChI=1S/C24H24Cl2FN3O2.ClH/c25-12-23(31)28-22-11-18(26)5-3-17(22)4-10-24(32)30-20-8-9-21(30)15-29(14-20)13-16-1-6-19(27)7-2-16;/h1-7,10-11,20-21H,8-9,12-15H2,(H,28,31);1H. The van der Waals surface area contributed by atoms with Crippen LogP contribution in [0.4, 0.5) is 10.1 Å². The first kappa shape index (κ1) is 25.5. The number of halogens is 4. The summed E-state index contributed by atoms with van der Waals surface area (Å²) in [6.07, 6.45) is 5.21. The van der Waals surface area contributed by atoms with E-state index < -0.39 is 0 Å². The number of piperazine rings is 1. The van der Waals surface area contributed by atoms with E-state index in [4.69, 9.17) is 23.2 Å². The zero-order valence-electron chi connectivity index (χ0n) is 17.8. The molecule has 9 heteroatoms. The summed E-state index contributed by atoms with van der Waals surface area (Å²) in [4.78, 5) is 29.0. The maximum atomic E-state index is 13.2. The fourth-order valence-corrected chi connectivity index (χ4v) is 4.78. The number of carbonyl (C=O) groups excluding carboxylic acids is 2. The van der Waals surface area contributed by atoms with Crippen molar-refractivity contribution in [3.63, 3.8) is 0 Å². The number of amides is 2. The second-order valence-electron chi connectivity index (χ2n) is 8.20. The summed E-state index contributed by atoms with van der Waals surface area (Å²) in [5, 5.41) is 3.19. The number of benzene rings is 2. The lowest BCUT2D eigenvalue weighted by Crippen LogP contribution is -2.55. The molecule has 176 valence electrons.